The van der Waals surface area contributed by atoms with E-state index in [0.29, 0.717) is 17.0 Å². The molecular formula is C23H28BrN3O6. The van der Waals surface area contributed by atoms with Crippen molar-refractivity contribution in [3.05, 3.63) is 51.8 Å². The first kappa shape index (κ1) is 24.9. The van der Waals surface area contributed by atoms with Crippen LogP contribution in [0.4, 0.5) is 0 Å². The lowest BCUT2D eigenvalue weighted by molar-refractivity contribution is -0.142. The molecule has 10 heteroatoms. The first-order chi connectivity index (χ1) is 15.6. The molecule has 1 saturated heterocycles. The maximum Gasteiger partial charge on any atom is 0.305 e. The van der Waals surface area contributed by atoms with E-state index in [4.69, 9.17) is 4.52 Å². The van der Waals surface area contributed by atoms with Crippen LogP contribution in [0.2, 0.25) is 0 Å². The highest BCUT2D eigenvalue weighted by atomic mass is 79.9. The van der Waals surface area contributed by atoms with E-state index in [-0.39, 0.29) is 31.2 Å². The molecule has 178 valence electrons. The van der Waals surface area contributed by atoms with Crippen LogP contribution in [0.15, 0.2) is 39.3 Å². The van der Waals surface area contributed by atoms with E-state index < -0.39 is 36.0 Å². The zero-order chi connectivity index (χ0) is 24.3. The van der Waals surface area contributed by atoms with Crippen molar-refractivity contribution in [1.29, 1.82) is 0 Å². The zero-order valence-electron chi connectivity index (χ0n) is 18.7. The number of likely N-dealkylation sites (tertiary alicyclic amines) is 1. The fraction of sp³-hybridized carbons (Fsp3) is 0.478. The number of aliphatic hydroxyl groups is 1. The number of nitrogens with one attached hydrogen (secondary N) is 1. The third-order valence-corrected chi connectivity index (χ3v) is 6.25. The summed E-state index contributed by atoms with van der Waals surface area (Å²) in [7, 11) is 0. The van der Waals surface area contributed by atoms with Gasteiger partial charge in [-0.25, -0.2) is 0 Å². The van der Waals surface area contributed by atoms with Crippen molar-refractivity contribution in [2.24, 2.45) is 5.92 Å². The molecule has 1 aliphatic rings. The Hall–Kier alpha value is -2.72. The van der Waals surface area contributed by atoms with Crippen LogP contribution in [0, 0.1) is 12.8 Å². The number of amides is 2. The highest BCUT2D eigenvalue weighted by molar-refractivity contribution is 9.10. The number of halogens is 1. The van der Waals surface area contributed by atoms with Gasteiger partial charge in [0, 0.05) is 23.5 Å². The van der Waals surface area contributed by atoms with Gasteiger partial charge in [0.2, 0.25) is 11.8 Å². The number of carbonyl (C=O) groups excluding carboxylic acids is 2. The van der Waals surface area contributed by atoms with Gasteiger partial charge in [-0.2, -0.15) is 0 Å². The van der Waals surface area contributed by atoms with E-state index in [0.717, 1.165) is 4.47 Å². The van der Waals surface area contributed by atoms with Crippen molar-refractivity contribution in [1.82, 2.24) is 15.4 Å². The number of carboxylic acids is 1. The summed E-state index contributed by atoms with van der Waals surface area (Å²) in [4.78, 5) is 39.5. The quantitative estimate of drug-likeness (QED) is 0.486. The molecule has 2 amide bonds. The molecule has 1 fully saturated rings. The van der Waals surface area contributed by atoms with Gasteiger partial charge in [0.1, 0.15) is 17.7 Å². The molecule has 33 heavy (non-hydrogen) atoms. The van der Waals surface area contributed by atoms with E-state index in [9.17, 15) is 24.6 Å². The van der Waals surface area contributed by atoms with Crippen LogP contribution in [0.5, 0.6) is 0 Å². The van der Waals surface area contributed by atoms with Gasteiger partial charge in [0.15, 0.2) is 0 Å². The first-order valence-electron chi connectivity index (χ1n) is 10.8. The summed E-state index contributed by atoms with van der Waals surface area (Å²) >= 11 is 3.34. The molecule has 4 atom stereocenters. The maximum atomic E-state index is 13.5. The molecule has 0 saturated carbocycles. The predicted octanol–water partition coefficient (Wildman–Crippen LogP) is 2.78. The van der Waals surface area contributed by atoms with Crippen LogP contribution >= 0.6 is 15.9 Å². The van der Waals surface area contributed by atoms with Gasteiger partial charge in [0.05, 0.1) is 24.3 Å². The summed E-state index contributed by atoms with van der Waals surface area (Å²) in [6.45, 7) is 5.52. The Morgan fingerprint density at radius 2 is 1.94 bits per heavy atom. The second-order valence-electron chi connectivity index (χ2n) is 8.70. The largest absolute Gasteiger partial charge is 0.481 e. The van der Waals surface area contributed by atoms with Crippen LogP contribution in [0.25, 0.3) is 0 Å². The number of carboxylic acid groups (broad SMARTS) is 1. The van der Waals surface area contributed by atoms with Crippen LogP contribution < -0.4 is 5.32 Å². The van der Waals surface area contributed by atoms with E-state index in [1.165, 1.54) is 4.90 Å². The zero-order valence-corrected chi connectivity index (χ0v) is 20.3. The first-order valence-corrected chi connectivity index (χ1v) is 11.6. The Morgan fingerprint density at radius 3 is 2.48 bits per heavy atom. The van der Waals surface area contributed by atoms with Gasteiger partial charge in [-0.3, -0.25) is 14.4 Å². The Morgan fingerprint density at radius 1 is 1.27 bits per heavy atom. The summed E-state index contributed by atoms with van der Waals surface area (Å²) in [6, 6.07) is 6.97. The number of rotatable bonds is 8. The minimum atomic E-state index is -1.07. The third-order valence-electron chi connectivity index (χ3n) is 5.72. The third kappa shape index (κ3) is 6.00. The van der Waals surface area contributed by atoms with Crippen molar-refractivity contribution in [3.8, 4) is 0 Å². The van der Waals surface area contributed by atoms with Crippen molar-refractivity contribution in [2.45, 2.75) is 57.7 Å². The van der Waals surface area contributed by atoms with Crippen LogP contribution in [0.3, 0.4) is 0 Å². The van der Waals surface area contributed by atoms with Gasteiger partial charge in [0.25, 0.3) is 0 Å². The van der Waals surface area contributed by atoms with Gasteiger partial charge >= 0.3 is 5.97 Å². The SMILES string of the molecule is Cc1cc(C(C(=O)N2C[C@H](O)C[C@H]2C(=O)N[C@@H](CC(=O)O)c2ccc(Br)cc2)C(C)C)on1. The fourth-order valence-electron chi connectivity index (χ4n) is 4.14. The van der Waals surface area contributed by atoms with Crippen molar-refractivity contribution < 1.29 is 29.1 Å². The lowest BCUT2D eigenvalue weighted by Gasteiger charge is -2.29. The normalized spacial score (nSPS) is 20.0. The molecule has 1 unspecified atom stereocenters. The smallest absolute Gasteiger partial charge is 0.305 e. The Bertz CT molecular complexity index is 1010. The number of benzene rings is 1. The van der Waals surface area contributed by atoms with Crippen molar-refractivity contribution >= 4 is 33.7 Å². The molecule has 0 aliphatic carbocycles. The second-order valence-corrected chi connectivity index (χ2v) is 9.61. The second kappa shape index (κ2) is 10.5. The topological polar surface area (TPSA) is 133 Å². The molecule has 9 nitrogen and oxygen atoms in total. The highest BCUT2D eigenvalue weighted by Crippen LogP contribution is 2.31. The molecule has 1 aromatic heterocycles. The fourth-order valence-corrected chi connectivity index (χ4v) is 4.40. The average molecular weight is 522 g/mol. The number of hydrogen-bond acceptors (Lipinski definition) is 6. The van der Waals surface area contributed by atoms with E-state index in [1.54, 1.807) is 37.3 Å². The molecule has 0 spiro atoms. The number of nitrogens with zero attached hydrogens (tertiary/aromatic N) is 2. The van der Waals surface area contributed by atoms with Gasteiger partial charge in [-0.15, -0.1) is 0 Å². The molecule has 2 heterocycles. The summed E-state index contributed by atoms with van der Waals surface area (Å²) in [5, 5.41) is 26.3. The summed E-state index contributed by atoms with van der Waals surface area (Å²) < 4.78 is 6.16. The molecule has 1 aliphatic heterocycles. The maximum absolute atomic E-state index is 13.5. The summed E-state index contributed by atoms with van der Waals surface area (Å²) in [6.07, 6.45) is -1.11. The van der Waals surface area contributed by atoms with E-state index in [2.05, 4.69) is 26.4 Å². The lowest BCUT2D eigenvalue weighted by atomic mass is 9.91. The monoisotopic (exact) mass is 521 g/mol. The van der Waals surface area contributed by atoms with Gasteiger partial charge in [-0.05, 0) is 30.5 Å². The number of carbonyl (C=O) groups is 3. The average Bonchev–Trinajstić information content (AvgIpc) is 3.33. The molecular weight excluding hydrogens is 494 g/mol. The number of aliphatic hydroxyl groups excluding tert-OH is 1. The number of hydrogen-bond donors (Lipinski definition) is 3. The molecule has 3 N–H and O–H groups in total. The number of aliphatic carboxylic acids is 1. The number of aromatic nitrogens is 1. The summed E-state index contributed by atoms with van der Waals surface area (Å²) in [5.41, 5.74) is 1.27. The van der Waals surface area contributed by atoms with E-state index in [1.807, 2.05) is 13.8 Å². The molecule has 0 bridgehead atoms. The predicted molar refractivity (Wildman–Crippen MR) is 122 cm³/mol. The summed E-state index contributed by atoms with van der Waals surface area (Å²) in [5.74, 6) is -2.29. The minimum absolute atomic E-state index is 0.00907. The van der Waals surface area contributed by atoms with Crippen molar-refractivity contribution in [2.75, 3.05) is 6.54 Å². The minimum Gasteiger partial charge on any atom is -0.481 e. The van der Waals surface area contributed by atoms with Crippen LogP contribution in [-0.2, 0) is 14.4 Å². The number of aryl methyl sites for hydroxylation is 1. The standard InChI is InChI=1S/C23H28BrN3O6/c1-12(2)21(19-8-13(3)26-33-19)23(32)27-11-16(28)9-18(27)22(31)25-17(10-20(29)30)14-4-6-15(24)7-5-14/h4-8,12,16-18,21,28H,9-11H2,1-3H3,(H,25,31)(H,29,30)/t16-,17+,18+,21?/m1/s1. The van der Waals surface area contributed by atoms with Crippen molar-refractivity contribution in [3.63, 3.8) is 0 Å². The molecule has 1 aromatic carbocycles. The molecule has 2 aromatic rings. The van der Waals surface area contributed by atoms with Crippen LogP contribution in [0.1, 0.15) is 55.7 Å². The highest BCUT2D eigenvalue weighted by Gasteiger charge is 2.43. The Kier molecular flexibility index (Phi) is 7.91. The van der Waals surface area contributed by atoms with Gasteiger partial charge in [-0.1, -0.05) is 47.1 Å². The lowest BCUT2D eigenvalue weighted by Crippen LogP contribution is -2.49. The molecule has 0 radical (unpaired) electrons. The number of β-amino-alcohol motifs (C(OH)–C–C–N with tert-alkyl or cyclic N) is 1. The van der Waals surface area contributed by atoms with Crippen LogP contribution in [-0.4, -0.2) is 56.7 Å². The van der Waals surface area contributed by atoms with Gasteiger partial charge < -0.3 is 25.0 Å². The van der Waals surface area contributed by atoms with E-state index >= 15 is 0 Å². The Balaban J connectivity index is 1.83. The Labute approximate surface area is 200 Å². The molecule has 3 rings (SSSR count).